The van der Waals surface area contributed by atoms with Crippen LogP contribution in [0.4, 0.5) is 5.95 Å². The summed E-state index contributed by atoms with van der Waals surface area (Å²) in [6.45, 7) is 5.68. The van der Waals surface area contributed by atoms with Crippen molar-refractivity contribution in [1.82, 2.24) is 19.5 Å². The maximum atomic E-state index is 4.49. The van der Waals surface area contributed by atoms with Crippen LogP contribution in [0.5, 0.6) is 0 Å². The van der Waals surface area contributed by atoms with Crippen molar-refractivity contribution in [2.45, 2.75) is 25.8 Å². The maximum Gasteiger partial charge on any atom is 0.243 e. The highest BCUT2D eigenvalue weighted by Crippen LogP contribution is 2.16. The molecule has 0 aromatic carbocycles. The predicted octanol–water partition coefficient (Wildman–Crippen LogP) is 2.39. The molecular weight excluding hydrogens is 306 g/mol. The average Bonchev–Trinajstić information content (AvgIpc) is 2.81. The molecule has 5 nitrogen and oxygen atoms in total. The van der Waals surface area contributed by atoms with Gasteiger partial charge in [-0.15, -0.1) is 5.10 Å². The Kier molecular flexibility index (Phi) is 3.70. The molecule has 0 aliphatic carbocycles. The smallest absolute Gasteiger partial charge is 0.243 e. The lowest BCUT2D eigenvalue weighted by atomic mass is 10.1. The number of hydrogen-bond acceptors (Lipinski definition) is 4. The van der Waals surface area contributed by atoms with Crippen LogP contribution in [0, 0.1) is 0 Å². The van der Waals surface area contributed by atoms with Crippen molar-refractivity contribution < 1.29 is 0 Å². The fraction of sp³-hybridized carbons (Fsp3) is 0.538. The number of nitrogens with one attached hydrogen (secondary N) is 1. The summed E-state index contributed by atoms with van der Waals surface area (Å²) in [5.74, 6) is 0.730. The van der Waals surface area contributed by atoms with E-state index in [9.17, 15) is 0 Å². The first kappa shape index (κ1) is 12.9. The van der Waals surface area contributed by atoms with Gasteiger partial charge in [-0.05, 0) is 47.4 Å². The van der Waals surface area contributed by atoms with Gasteiger partial charge in [-0.1, -0.05) is 6.92 Å². The Bertz CT molecular complexity index is 559. The van der Waals surface area contributed by atoms with E-state index in [1.165, 1.54) is 0 Å². The SMILES string of the molecule is CCN1CCC(Nc2nc3ccc(Br)cn3n2)CC1. The van der Waals surface area contributed by atoms with Gasteiger partial charge in [0.1, 0.15) is 0 Å². The Morgan fingerprint density at radius 1 is 1.37 bits per heavy atom. The van der Waals surface area contributed by atoms with Crippen LogP contribution in [0.1, 0.15) is 19.8 Å². The lowest BCUT2D eigenvalue weighted by Gasteiger charge is -2.31. The van der Waals surface area contributed by atoms with Crippen LogP contribution < -0.4 is 5.32 Å². The first-order valence-electron chi connectivity index (χ1n) is 6.75. The molecule has 0 bridgehead atoms. The number of hydrogen-bond donors (Lipinski definition) is 1. The van der Waals surface area contributed by atoms with Gasteiger partial charge in [-0.2, -0.15) is 4.98 Å². The molecule has 0 radical (unpaired) electrons. The number of anilines is 1. The Hall–Kier alpha value is -1.14. The van der Waals surface area contributed by atoms with Gasteiger partial charge in [-0.3, -0.25) is 0 Å². The van der Waals surface area contributed by atoms with Crippen molar-refractivity contribution in [3.63, 3.8) is 0 Å². The minimum atomic E-state index is 0.489. The van der Waals surface area contributed by atoms with E-state index in [4.69, 9.17) is 0 Å². The lowest BCUT2D eigenvalue weighted by Crippen LogP contribution is -2.39. The van der Waals surface area contributed by atoms with E-state index in [0.29, 0.717) is 6.04 Å². The molecule has 1 saturated heterocycles. The fourth-order valence-corrected chi connectivity index (χ4v) is 2.82. The zero-order valence-corrected chi connectivity index (χ0v) is 12.6. The molecule has 2 aromatic heterocycles. The van der Waals surface area contributed by atoms with E-state index < -0.39 is 0 Å². The third kappa shape index (κ3) is 2.90. The number of halogens is 1. The Morgan fingerprint density at radius 2 is 2.16 bits per heavy atom. The number of nitrogens with zero attached hydrogens (tertiary/aromatic N) is 4. The first-order chi connectivity index (χ1) is 9.24. The van der Waals surface area contributed by atoms with Crippen molar-refractivity contribution in [2.24, 2.45) is 0 Å². The number of rotatable bonds is 3. The van der Waals surface area contributed by atoms with Crippen LogP contribution in [0.3, 0.4) is 0 Å². The predicted molar refractivity (Wildman–Crippen MR) is 79.4 cm³/mol. The molecule has 19 heavy (non-hydrogen) atoms. The molecule has 0 unspecified atom stereocenters. The molecule has 102 valence electrons. The normalized spacial score (nSPS) is 18.0. The summed E-state index contributed by atoms with van der Waals surface area (Å²) in [5.41, 5.74) is 0.872. The summed E-state index contributed by atoms with van der Waals surface area (Å²) in [6, 6.07) is 4.43. The quantitative estimate of drug-likeness (QED) is 0.942. The molecule has 6 heteroatoms. The van der Waals surface area contributed by atoms with Crippen LogP contribution in [0.25, 0.3) is 5.65 Å². The molecule has 1 aliphatic rings. The third-order valence-electron chi connectivity index (χ3n) is 3.66. The standard InChI is InChI=1S/C13H18BrN5/c1-2-18-7-5-11(6-8-18)15-13-16-12-4-3-10(14)9-19(12)17-13/h3-4,9,11H,2,5-8H2,1H3,(H,15,17). The minimum absolute atomic E-state index is 0.489. The van der Waals surface area contributed by atoms with E-state index >= 15 is 0 Å². The third-order valence-corrected chi connectivity index (χ3v) is 4.13. The molecular formula is C13H18BrN5. The summed E-state index contributed by atoms with van der Waals surface area (Å²) in [6.07, 6.45) is 4.24. The number of fused-ring (bicyclic) bond motifs is 1. The second-order valence-electron chi connectivity index (χ2n) is 4.94. The van der Waals surface area contributed by atoms with Crippen LogP contribution in [-0.2, 0) is 0 Å². The molecule has 0 saturated carbocycles. The summed E-state index contributed by atoms with van der Waals surface area (Å²) < 4.78 is 2.81. The summed E-state index contributed by atoms with van der Waals surface area (Å²) >= 11 is 3.44. The molecule has 0 atom stereocenters. The topological polar surface area (TPSA) is 45.5 Å². The van der Waals surface area contributed by atoms with Gasteiger partial charge in [-0.25, -0.2) is 4.52 Å². The number of aromatic nitrogens is 3. The average molecular weight is 324 g/mol. The van der Waals surface area contributed by atoms with Gasteiger partial charge < -0.3 is 10.2 Å². The van der Waals surface area contributed by atoms with Crippen LogP contribution in [0.15, 0.2) is 22.8 Å². The van der Waals surface area contributed by atoms with E-state index in [1.807, 2.05) is 18.3 Å². The molecule has 2 aromatic rings. The number of piperidine rings is 1. The Morgan fingerprint density at radius 3 is 2.89 bits per heavy atom. The highest BCUT2D eigenvalue weighted by Gasteiger charge is 2.19. The van der Waals surface area contributed by atoms with E-state index in [2.05, 4.69) is 43.2 Å². The highest BCUT2D eigenvalue weighted by atomic mass is 79.9. The summed E-state index contributed by atoms with van der Waals surface area (Å²) in [7, 11) is 0. The molecule has 3 heterocycles. The molecule has 1 fully saturated rings. The van der Waals surface area contributed by atoms with Crippen molar-refractivity contribution >= 4 is 27.5 Å². The molecule has 0 spiro atoms. The van der Waals surface area contributed by atoms with Crippen LogP contribution in [-0.4, -0.2) is 45.2 Å². The Labute approximate surface area is 121 Å². The zero-order valence-electron chi connectivity index (χ0n) is 11.0. The number of pyridine rings is 1. The van der Waals surface area contributed by atoms with Gasteiger partial charge in [0.15, 0.2) is 5.65 Å². The summed E-state index contributed by atoms with van der Waals surface area (Å²) in [5, 5.41) is 7.91. The largest absolute Gasteiger partial charge is 0.350 e. The van der Waals surface area contributed by atoms with Crippen LogP contribution in [0.2, 0.25) is 0 Å². The highest BCUT2D eigenvalue weighted by molar-refractivity contribution is 9.10. The Balaban J connectivity index is 1.68. The van der Waals surface area contributed by atoms with Gasteiger partial charge in [0.25, 0.3) is 0 Å². The van der Waals surface area contributed by atoms with Crippen LogP contribution >= 0.6 is 15.9 Å². The molecule has 3 rings (SSSR count). The van der Waals surface area contributed by atoms with Crippen molar-refractivity contribution in [2.75, 3.05) is 25.0 Å². The monoisotopic (exact) mass is 323 g/mol. The van der Waals surface area contributed by atoms with Gasteiger partial charge in [0.2, 0.25) is 5.95 Å². The molecule has 1 N–H and O–H groups in total. The molecule has 1 aliphatic heterocycles. The van der Waals surface area contributed by atoms with E-state index in [-0.39, 0.29) is 0 Å². The van der Waals surface area contributed by atoms with Crippen molar-refractivity contribution in [3.8, 4) is 0 Å². The number of likely N-dealkylation sites (tertiary alicyclic amines) is 1. The summed E-state index contributed by atoms with van der Waals surface area (Å²) in [4.78, 5) is 6.97. The van der Waals surface area contributed by atoms with Gasteiger partial charge in [0, 0.05) is 29.8 Å². The van der Waals surface area contributed by atoms with Gasteiger partial charge >= 0.3 is 0 Å². The molecule has 0 amide bonds. The lowest BCUT2D eigenvalue weighted by molar-refractivity contribution is 0.229. The van der Waals surface area contributed by atoms with Gasteiger partial charge in [0.05, 0.1) is 0 Å². The second-order valence-corrected chi connectivity index (χ2v) is 5.85. The van der Waals surface area contributed by atoms with E-state index in [0.717, 1.165) is 48.5 Å². The maximum absolute atomic E-state index is 4.49. The first-order valence-corrected chi connectivity index (χ1v) is 7.54. The second kappa shape index (κ2) is 5.46. The zero-order chi connectivity index (χ0) is 13.2. The van der Waals surface area contributed by atoms with Crippen molar-refractivity contribution in [3.05, 3.63) is 22.8 Å². The fourth-order valence-electron chi connectivity index (χ4n) is 2.50. The van der Waals surface area contributed by atoms with Crippen molar-refractivity contribution in [1.29, 1.82) is 0 Å². The minimum Gasteiger partial charge on any atom is -0.350 e. The van der Waals surface area contributed by atoms with E-state index in [1.54, 1.807) is 4.52 Å².